The van der Waals surface area contributed by atoms with E-state index in [9.17, 15) is 0 Å². The summed E-state index contributed by atoms with van der Waals surface area (Å²) >= 11 is 21.8. The molecule has 9 aromatic rings. The largest absolute Gasteiger partial charge is 0.362 e. The molecule has 0 aliphatic carbocycles. The third-order valence-corrected chi connectivity index (χ3v) is 13.7. The predicted molar refractivity (Wildman–Crippen MR) is 201 cm³/mol. The summed E-state index contributed by atoms with van der Waals surface area (Å²) in [4.78, 5) is 33.3. The van der Waals surface area contributed by atoms with Crippen molar-refractivity contribution < 1.29 is 0 Å². The number of nitrogens with one attached hydrogen (secondary N) is 4. The molecule has 5 aromatic carbocycles. The van der Waals surface area contributed by atoms with Crippen LogP contribution in [0.3, 0.4) is 0 Å². The highest BCUT2D eigenvalue weighted by atomic mass is 27.1. The highest BCUT2D eigenvalue weighted by Gasteiger charge is 2.21. The van der Waals surface area contributed by atoms with E-state index in [1.165, 1.54) is 10.8 Å². The number of hydrogen-bond donors (Lipinski definition) is 4. The SMILES string of the molecule is [Al][c]1nc(-c2cc3cc(-c4n[c]([Al])[c]([Al])[nH]4)cc4c5cc(-c6n[c]([Al])[c]([Al])[nH]6)cc6cc(-c7n[c]([Al])[c]([Al])[nH]7)cc(c(c2)c34)c65)[nH][c]1[Al]. The standard InChI is InChI=1S/C32H12N8.8Al/c1-2-34-29(33-1)19-9-17-10-20(30-35-3-4-36-30)15-25-26-16-22(32-39-7-8-40-32)12-18-11-21(31-37-5-6-38-31)14-24(28(18)26)23(13-19)27(17)25;;;;;;;;/h9-16H,(H,33,34)(H,35,36)(H,37,38)(H,39,40);;;;;;;;. The van der Waals surface area contributed by atoms with Gasteiger partial charge in [0.1, 0.15) is 23.3 Å². The Morgan fingerprint density at radius 1 is 0.333 bits per heavy atom. The van der Waals surface area contributed by atoms with Gasteiger partial charge in [-0.1, -0.05) is 36.4 Å². The molecule has 8 nitrogen and oxygen atoms in total. The summed E-state index contributed by atoms with van der Waals surface area (Å²) in [6, 6.07) is 18.0. The fraction of sp³-hybridized carbons (Fsp3) is 0. The van der Waals surface area contributed by atoms with Gasteiger partial charge in [0, 0.05) is 22.3 Å². The third-order valence-electron chi connectivity index (χ3n) is 8.82. The molecule has 204 valence electrons. The third kappa shape index (κ3) is 5.26. The van der Waals surface area contributed by atoms with E-state index in [1.807, 2.05) is 0 Å². The highest BCUT2D eigenvalue weighted by molar-refractivity contribution is 6.48. The number of hydrogen-bond acceptors (Lipinski definition) is 4. The van der Waals surface area contributed by atoms with Gasteiger partial charge in [0.2, 0.25) is 130 Å². The van der Waals surface area contributed by atoms with Gasteiger partial charge in [0.05, 0.1) is 0 Å². The normalized spacial score (nSPS) is 12.0. The van der Waals surface area contributed by atoms with Crippen LogP contribution in [0.15, 0.2) is 48.5 Å². The molecule has 0 aliphatic rings. The van der Waals surface area contributed by atoms with E-state index < -0.39 is 0 Å². The zero-order chi connectivity index (χ0) is 33.2. The zero-order valence-corrected chi connectivity index (χ0v) is 34.3. The van der Waals surface area contributed by atoms with Crippen LogP contribution in [0.2, 0.25) is 0 Å². The van der Waals surface area contributed by atoms with Gasteiger partial charge in [-0.3, -0.25) is 19.9 Å². The van der Waals surface area contributed by atoms with Crippen LogP contribution < -0.4 is 36.4 Å². The molecule has 16 heteroatoms. The first-order valence-corrected chi connectivity index (χ1v) is 19.3. The Morgan fingerprint density at radius 3 is 0.750 bits per heavy atom. The number of benzene rings is 5. The van der Waals surface area contributed by atoms with E-state index in [2.05, 4.69) is 199 Å². The topological polar surface area (TPSA) is 115 Å². The summed E-state index contributed by atoms with van der Waals surface area (Å²) in [7, 11) is 0. The molecule has 0 spiro atoms. The van der Waals surface area contributed by atoms with Gasteiger partial charge >= 0.3 is 0 Å². The Labute approximate surface area is 339 Å². The lowest BCUT2D eigenvalue weighted by Gasteiger charge is -2.18. The molecule has 0 aliphatic heterocycles. The molecule has 0 atom stereocenters. The van der Waals surface area contributed by atoms with E-state index in [0.29, 0.717) is 0 Å². The Morgan fingerprint density at radius 2 is 0.562 bits per heavy atom. The van der Waals surface area contributed by atoms with Crippen molar-refractivity contribution in [2.45, 2.75) is 0 Å². The van der Waals surface area contributed by atoms with Crippen LogP contribution in [0.25, 0.3) is 88.6 Å². The minimum Gasteiger partial charge on any atom is -0.362 e. The number of aromatic nitrogens is 8. The molecular weight excluding hydrogens is 712 g/mol. The monoisotopic (exact) mass is 724 g/mol. The summed E-state index contributed by atoms with van der Waals surface area (Å²) in [5.74, 6) is 3.25. The van der Waals surface area contributed by atoms with Gasteiger partial charge < -0.3 is 19.9 Å². The smallest absolute Gasteiger partial charge is 0.210 e. The van der Waals surface area contributed by atoms with E-state index in [4.69, 9.17) is 19.9 Å². The predicted octanol–water partition coefficient (Wildman–Crippen LogP) is -2.35. The van der Waals surface area contributed by atoms with E-state index in [1.54, 1.807) is 0 Å². The zero-order valence-electron chi connectivity index (χ0n) is 25.0. The van der Waals surface area contributed by atoms with Crippen molar-refractivity contribution in [3.8, 4) is 45.6 Å². The summed E-state index contributed by atoms with van der Waals surface area (Å²) in [5, 5.41) is 9.11. The van der Waals surface area contributed by atoms with Crippen molar-refractivity contribution in [2.75, 3.05) is 0 Å². The Balaban J connectivity index is 1.47. The fourth-order valence-corrected chi connectivity index (χ4v) is 8.19. The number of nitrogens with zero attached hydrogens (tertiary/aromatic N) is 4. The first-order chi connectivity index (χ1) is 23.0. The van der Waals surface area contributed by atoms with Crippen molar-refractivity contribution in [3.05, 3.63) is 48.5 Å². The van der Waals surface area contributed by atoms with E-state index in [-0.39, 0.29) is 0 Å². The van der Waals surface area contributed by atoms with Crippen LogP contribution in [-0.2, 0) is 0 Å². The maximum Gasteiger partial charge on any atom is 0.210 e. The van der Waals surface area contributed by atoms with Gasteiger partial charge in [-0.2, -0.15) is 0 Å². The Kier molecular flexibility index (Phi) is 8.13. The maximum absolute atomic E-state index is 4.85. The molecule has 16 radical (unpaired) electrons. The summed E-state index contributed by atoms with van der Waals surface area (Å²) in [5.41, 5.74) is 4.01. The summed E-state index contributed by atoms with van der Waals surface area (Å²) in [6.07, 6.45) is 0. The van der Waals surface area contributed by atoms with E-state index in [0.717, 1.165) is 114 Å². The van der Waals surface area contributed by atoms with Crippen LogP contribution in [0.5, 0.6) is 0 Å². The Hall–Kier alpha value is -1.50. The molecule has 0 saturated carbocycles. The lowest BCUT2D eigenvalue weighted by molar-refractivity contribution is 1.33. The summed E-state index contributed by atoms with van der Waals surface area (Å²) < 4.78 is 7.25. The lowest BCUT2D eigenvalue weighted by Crippen LogP contribution is -2.24. The highest BCUT2D eigenvalue weighted by Crippen LogP contribution is 2.45. The number of rotatable bonds is 4. The minimum atomic E-state index is 0.812. The fourth-order valence-electron chi connectivity index (χ4n) is 6.58. The molecule has 4 N–H and O–H groups in total. The average molecular weight is 724 g/mol. The van der Waals surface area contributed by atoms with Crippen molar-refractivity contribution in [2.24, 2.45) is 0 Å². The molecule has 9 rings (SSSR count). The van der Waals surface area contributed by atoms with Crippen LogP contribution in [0.1, 0.15) is 0 Å². The molecule has 4 heterocycles. The van der Waals surface area contributed by atoms with Gasteiger partial charge in [-0.05, 0) is 91.6 Å². The van der Waals surface area contributed by atoms with Gasteiger partial charge in [-0.25, -0.2) is 0 Å². The van der Waals surface area contributed by atoms with Crippen LogP contribution in [-0.4, -0.2) is 170 Å². The molecule has 0 bridgehead atoms. The maximum atomic E-state index is 4.85. The second kappa shape index (κ2) is 12.0. The molecule has 0 fully saturated rings. The Bertz CT molecular complexity index is 2340. The molecule has 0 saturated heterocycles. The lowest BCUT2D eigenvalue weighted by atomic mass is 9.86. The van der Waals surface area contributed by atoms with E-state index >= 15 is 0 Å². The van der Waals surface area contributed by atoms with Crippen LogP contribution in [0, 0.1) is 0 Å². The molecule has 0 unspecified atom stereocenters. The quantitative estimate of drug-likeness (QED) is 0.0926. The second-order valence-electron chi connectivity index (χ2n) is 11.8. The van der Waals surface area contributed by atoms with Crippen molar-refractivity contribution in [1.82, 2.24) is 39.9 Å². The number of aromatic amines is 4. The molecule has 48 heavy (non-hydrogen) atoms. The van der Waals surface area contributed by atoms with Crippen molar-refractivity contribution >= 4 is 210 Å². The van der Waals surface area contributed by atoms with Crippen LogP contribution >= 0.6 is 0 Å². The van der Waals surface area contributed by atoms with Gasteiger partial charge in [0.25, 0.3) is 0 Å². The summed E-state index contributed by atoms with van der Waals surface area (Å²) in [6.45, 7) is 0. The molecular formula is C32H12Al8N8. The minimum absolute atomic E-state index is 0.812. The first kappa shape index (κ1) is 32.4. The number of fused-ring (bicyclic) bond motifs is 2. The molecule has 0 amide bonds. The van der Waals surface area contributed by atoms with Crippen molar-refractivity contribution in [1.29, 1.82) is 0 Å². The number of H-pyrrole nitrogens is 4. The van der Waals surface area contributed by atoms with Crippen molar-refractivity contribution in [3.63, 3.8) is 0 Å². The second-order valence-corrected chi connectivity index (χ2v) is 16.3. The number of imidazole rings is 4. The van der Waals surface area contributed by atoms with Crippen LogP contribution in [0.4, 0.5) is 0 Å². The van der Waals surface area contributed by atoms with Gasteiger partial charge in [-0.15, -0.1) is 0 Å². The molecule has 4 aromatic heterocycles. The average Bonchev–Trinajstić information content (AvgIpc) is 3.80. The van der Waals surface area contributed by atoms with Gasteiger partial charge in [0.15, 0.2) is 0 Å². The first-order valence-electron chi connectivity index (χ1n) is 14.7.